The molecule has 5 rings (SSSR count). The van der Waals surface area contributed by atoms with Gasteiger partial charge in [0.25, 0.3) is 11.8 Å². The fourth-order valence-corrected chi connectivity index (χ4v) is 18.7. The molecule has 0 saturated heterocycles. The molecule has 3 nitrogen and oxygen atoms in total. The van der Waals surface area contributed by atoms with Gasteiger partial charge in [0, 0.05) is 30.9 Å². The molecular weight excluding hydrogens is 651 g/mol. The molecule has 0 N–H and O–H groups in total. The Labute approximate surface area is 298 Å². The number of aryl methyl sites for hydroxylation is 2. The van der Waals surface area contributed by atoms with Crippen molar-refractivity contribution in [3.05, 3.63) is 33.0 Å². The van der Waals surface area contributed by atoms with Crippen molar-refractivity contribution in [2.24, 2.45) is 0 Å². The summed E-state index contributed by atoms with van der Waals surface area (Å²) in [4.78, 5) is 36.8. The minimum absolute atomic E-state index is 0.0539. The van der Waals surface area contributed by atoms with E-state index in [1.807, 2.05) is 29.6 Å². The van der Waals surface area contributed by atoms with Gasteiger partial charge in [-0.2, -0.15) is 0 Å². The Bertz CT molecular complexity index is 1480. The van der Waals surface area contributed by atoms with Crippen molar-refractivity contribution in [3.63, 3.8) is 0 Å². The van der Waals surface area contributed by atoms with E-state index >= 15 is 0 Å². The molecule has 0 spiro atoms. The molecule has 0 unspecified atom stereocenters. The van der Waals surface area contributed by atoms with Gasteiger partial charge >= 0.3 is 0 Å². The predicted molar refractivity (Wildman–Crippen MR) is 211 cm³/mol. The van der Waals surface area contributed by atoms with Crippen LogP contribution in [-0.2, 0) is 0 Å². The van der Waals surface area contributed by atoms with Crippen LogP contribution in [0.5, 0.6) is 0 Å². The lowest BCUT2D eigenvalue weighted by Crippen LogP contribution is -2.54. The van der Waals surface area contributed by atoms with Crippen LogP contribution in [0.3, 0.4) is 0 Å². The van der Waals surface area contributed by atoms with Gasteiger partial charge in [-0.05, 0) is 54.9 Å². The Morgan fingerprint density at radius 2 is 1.04 bits per heavy atom. The van der Waals surface area contributed by atoms with Gasteiger partial charge in [-0.15, -0.1) is 34.0 Å². The van der Waals surface area contributed by atoms with Crippen molar-refractivity contribution in [2.45, 2.75) is 162 Å². The number of nitrogens with zero attached hydrogens (tertiary/aromatic N) is 1. The van der Waals surface area contributed by atoms with E-state index in [4.69, 9.17) is 0 Å². The Balaban J connectivity index is 1.43. The molecule has 2 aliphatic rings. The minimum atomic E-state index is -1.93. The first kappa shape index (κ1) is 36.7. The second-order valence-electron chi connectivity index (χ2n) is 14.3. The zero-order valence-corrected chi connectivity index (χ0v) is 33.4. The monoisotopic (exact) mass is 709 g/mol. The van der Waals surface area contributed by atoms with Crippen LogP contribution in [0.25, 0.3) is 19.5 Å². The number of thiophene rings is 3. The number of rotatable bonds is 22. The first-order chi connectivity index (χ1) is 22.9. The molecule has 0 radical (unpaired) electrons. The molecular formula is C40H59NO2S3Si. The summed E-state index contributed by atoms with van der Waals surface area (Å²) in [6.45, 7) is 11.7. The number of fused-ring (bicyclic) bond motifs is 4. The third-order valence-electron chi connectivity index (χ3n) is 10.7. The molecule has 0 saturated carbocycles. The second-order valence-corrected chi connectivity index (χ2v) is 22.1. The fourth-order valence-electron chi connectivity index (χ4n) is 8.08. The molecule has 3 aromatic heterocycles. The van der Waals surface area contributed by atoms with E-state index in [9.17, 15) is 9.59 Å². The van der Waals surface area contributed by atoms with Crippen molar-refractivity contribution in [3.8, 4) is 19.5 Å². The SMILES string of the molecule is CCCCCCCCN1C(=O)c2c(C)sc(-c3cc4c(s3)-c3sc(C)cc3[Si]4(CCCCCCCC)CCCCCCCC)c2C1=O. The number of hydrogen-bond donors (Lipinski definition) is 0. The van der Waals surface area contributed by atoms with E-state index in [-0.39, 0.29) is 11.8 Å². The molecule has 3 aromatic rings. The van der Waals surface area contributed by atoms with Crippen LogP contribution in [0, 0.1) is 13.8 Å². The summed E-state index contributed by atoms with van der Waals surface area (Å²) >= 11 is 5.60. The van der Waals surface area contributed by atoms with E-state index in [1.165, 1.54) is 134 Å². The highest BCUT2D eigenvalue weighted by molar-refractivity contribution is 7.32. The van der Waals surface area contributed by atoms with Crippen LogP contribution in [0.15, 0.2) is 12.1 Å². The maximum Gasteiger partial charge on any atom is 0.263 e. The number of imide groups is 1. The first-order valence-corrected chi connectivity index (χ1v) is 24.0. The van der Waals surface area contributed by atoms with Gasteiger partial charge < -0.3 is 0 Å². The number of unbranched alkanes of at least 4 members (excludes halogenated alkanes) is 15. The molecule has 0 fully saturated rings. The topological polar surface area (TPSA) is 37.4 Å². The van der Waals surface area contributed by atoms with Gasteiger partial charge in [-0.3, -0.25) is 14.5 Å². The smallest absolute Gasteiger partial charge is 0.263 e. The van der Waals surface area contributed by atoms with E-state index in [0.717, 1.165) is 22.6 Å². The van der Waals surface area contributed by atoms with Crippen molar-refractivity contribution in [1.29, 1.82) is 0 Å². The van der Waals surface area contributed by atoms with Crippen LogP contribution < -0.4 is 10.4 Å². The number of amides is 2. The average Bonchev–Trinajstić information content (AvgIpc) is 3.84. The molecule has 0 atom stereocenters. The molecule has 0 aromatic carbocycles. The van der Waals surface area contributed by atoms with Gasteiger partial charge in [0.05, 0.1) is 16.0 Å². The molecule has 2 aliphatic heterocycles. The third-order valence-corrected chi connectivity index (χ3v) is 20.0. The van der Waals surface area contributed by atoms with E-state index in [0.29, 0.717) is 17.7 Å². The summed E-state index contributed by atoms with van der Waals surface area (Å²) in [5.41, 5.74) is 1.38. The second kappa shape index (κ2) is 17.4. The lowest BCUT2D eigenvalue weighted by atomic mass is 10.1. The molecule has 47 heavy (non-hydrogen) atoms. The van der Waals surface area contributed by atoms with Crippen LogP contribution >= 0.6 is 34.0 Å². The molecule has 0 aliphatic carbocycles. The van der Waals surface area contributed by atoms with Crippen LogP contribution in [-0.4, -0.2) is 31.3 Å². The number of hydrogen-bond acceptors (Lipinski definition) is 5. The van der Waals surface area contributed by atoms with Gasteiger partial charge in [-0.25, -0.2) is 0 Å². The van der Waals surface area contributed by atoms with Crippen molar-refractivity contribution < 1.29 is 9.59 Å². The summed E-state index contributed by atoms with van der Waals surface area (Å²) in [5.74, 6) is -0.115. The minimum Gasteiger partial charge on any atom is -0.274 e. The zero-order chi connectivity index (χ0) is 33.4. The van der Waals surface area contributed by atoms with E-state index < -0.39 is 8.07 Å². The van der Waals surface area contributed by atoms with Crippen LogP contribution in [0.1, 0.15) is 167 Å². The van der Waals surface area contributed by atoms with Gasteiger partial charge in [-0.1, -0.05) is 130 Å². The molecule has 5 heterocycles. The molecule has 2 amide bonds. The Hall–Kier alpha value is -1.54. The summed E-state index contributed by atoms with van der Waals surface area (Å²) in [6, 6.07) is 7.81. The number of carbonyl (C=O) groups is 2. The summed E-state index contributed by atoms with van der Waals surface area (Å²) < 4.78 is 0. The highest BCUT2D eigenvalue weighted by Crippen LogP contribution is 2.49. The highest BCUT2D eigenvalue weighted by atomic mass is 32.1. The average molecular weight is 710 g/mol. The largest absolute Gasteiger partial charge is 0.274 e. The predicted octanol–water partition coefficient (Wildman–Crippen LogP) is 12.4. The maximum absolute atomic E-state index is 13.9. The normalized spacial score (nSPS) is 14.8. The fraction of sp³-hybridized carbons (Fsp3) is 0.650. The standard InChI is InChI=1S/C40H59NO2S3Si/c1-6-9-12-15-18-21-24-41-39(42)34-30(5)45-36(35(34)40(41)43)31-28-33-38(46-31)37-32(27-29(4)44-37)47(33,25-22-19-16-13-10-7-2)26-23-20-17-14-11-8-3/h27-28H,6-26H2,1-5H3. The highest BCUT2D eigenvalue weighted by Gasteiger charge is 2.48. The number of carbonyl (C=O) groups excluding carboxylic acids is 2. The first-order valence-electron chi connectivity index (χ1n) is 19.1. The summed E-state index contributed by atoms with van der Waals surface area (Å²) in [6.07, 6.45) is 23.0. The Morgan fingerprint density at radius 3 is 1.64 bits per heavy atom. The maximum atomic E-state index is 13.9. The van der Waals surface area contributed by atoms with Gasteiger partial charge in [0.2, 0.25) is 0 Å². The molecule has 7 heteroatoms. The molecule has 0 bridgehead atoms. The molecule has 258 valence electrons. The van der Waals surface area contributed by atoms with Crippen LogP contribution in [0.4, 0.5) is 0 Å². The Morgan fingerprint density at radius 1 is 0.553 bits per heavy atom. The third kappa shape index (κ3) is 7.94. The van der Waals surface area contributed by atoms with Crippen molar-refractivity contribution in [2.75, 3.05) is 6.54 Å². The lowest BCUT2D eigenvalue weighted by molar-refractivity contribution is 0.0651. The Kier molecular flexibility index (Phi) is 13.6. The quantitative estimate of drug-likeness (QED) is 0.0592. The zero-order valence-electron chi connectivity index (χ0n) is 30.0. The van der Waals surface area contributed by atoms with Crippen LogP contribution in [0.2, 0.25) is 12.1 Å². The van der Waals surface area contributed by atoms with E-state index in [2.05, 4.69) is 39.8 Å². The lowest BCUT2D eigenvalue weighted by Gasteiger charge is -2.29. The summed E-state index contributed by atoms with van der Waals surface area (Å²) in [7, 11) is -1.93. The van der Waals surface area contributed by atoms with Gasteiger partial charge in [0.15, 0.2) is 0 Å². The van der Waals surface area contributed by atoms with Gasteiger partial charge in [0.1, 0.15) is 8.07 Å². The summed E-state index contributed by atoms with van der Waals surface area (Å²) in [5, 5.41) is 3.38. The van der Waals surface area contributed by atoms with Crippen molar-refractivity contribution in [1.82, 2.24) is 4.90 Å². The van der Waals surface area contributed by atoms with E-state index in [1.54, 1.807) is 26.6 Å². The van der Waals surface area contributed by atoms with Crippen molar-refractivity contribution >= 4 is 64.3 Å².